The van der Waals surface area contributed by atoms with E-state index in [-0.39, 0.29) is 38.0 Å². The number of carbonyl (C=O) groups excluding carboxylic acids is 3. The van der Waals surface area contributed by atoms with Gasteiger partial charge in [0.05, 0.1) is 6.42 Å². The minimum Gasteiger partial charge on any atom is -0.462 e. The molecule has 0 radical (unpaired) electrons. The highest BCUT2D eigenvalue weighted by Gasteiger charge is 2.19. The quantitative estimate of drug-likeness (QED) is 0.0261. The Bertz CT molecular complexity index is 1670. The molecule has 0 amide bonds. The predicted octanol–water partition coefficient (Wildman–Crippen LogP) is 19.8. The summed E-state index contributed by atoms with van der Waals surface area (Å²) >= 11 is 0. The van der Waals surface area contributed by atoms with Crippen LogP contribution in [0.15, 0.2) is 158 Å². The van der Waals surface area contributed by atoms with E-state index in [9.17, 15) is 14.4 Å². The smallest absolute Gasteiger partial charge is 0.309 e. The lowest BCUT2D eigenvalue weighted by Gasteiger charge is -2.18. The molecule has 1 atom stereocenters. The molecule has 0 rings (SSSR count). The van der Waals surface area contributed by atoms with Gasteiger partial charge in [-0.05, 0) is 122 Å². The second kappa shape index (κ2) is 59.6. The van der Waals surface area contributed by atoms with E-state index in [0.717, 1.165) is 135 Å². The predicted molar refractivity (Wildman–Crippen MR) is 315 cm³/mol. The highest BCUT2D eigenvalue weighted by molar-refractivity contribution is 5.72. The Morgan fingerprint density at radius 3 is 0.890 bits per heavy atom. The van der Waals surface area contributed by atoms with Crippen molar-refractivity contribution in [2.75, 3.05) is 13.2 Å². The van der Waals surface area contributed by atoms with Crippen molar-refractivity contribution in [2.24, 2.45) is 0 Å². The number of carbonyl (C=O) groups is 3. The summed E-state index contributed by atoms with van der Waals surface area (Å²) in [4.78, 5) is 38.1. The first-order valence-electron chi connectivity index (χ1n) is 29.0. The monoisotopic (exact) mass is 1000 g/mol. The van der Waals surface area contributed by atoms with Crippen molar-refractivity contribution >= 4 is 17.9 Å². The van der Waals surface area contributed by atoms with Gasteiger partial charge in [-0.2, -0.15) is 0 Å². The molecule has 0 aromatic rings. The molecule has 73 heavy (non-hydrogen) atoms. The molecule has 0 aromatic carbocycles. The summed E-state index contributed by atoms with van der Waals surface area (Å²) in [5, 5.41) is 0. The van der Waals surface area contributed by atoms with Gasteiger partial charge in [-0.25, -0.2) is 0 Å². The van der Waals surface area contributed by atoms with E-state index < -0.39 is 12.1 Å². The number of rotatable bonds is 50. The average molecular weight is 1010 g/mol. The van der Waals surface area contributed by atoms with Crippen molar-refractivity contribution in [2.45, 2.75) is 232 Å². The van der Waals surface area contributed by atoms with Gasteiger partial charge in [-0.3, -0.25) is 14.4 Å². The molecule has 0 aliphatic rings. The van der Waals surface area contributed by atoms with Crippen molar-refractivity contribution in [3.05, 3.63) is 158 Å². The van der Waals surface area contributed by atoms with Crippen LogP contribution in [-0.4, -0.2) is 37.2 Å². The lowest BCUT2D eigenvalue weighted by molar-refractivity contribution is -0.166. The SMILES string of the molecule is CC/C=C\C/C=C\C/C=C\C/C=C\C/C=C\CC(=O)OCC(COC(=O)CCCCCCCCCCCC/C=C\C/C=C\C/C=C\C/C=C\CC)OC(=O)CCCCCC/C=C\C/C=C\C/C=C\C/C=C\CC. The van der Waals surface area contributed by atoms with Gasteiger partial charge in [0.2, 0.25) is 0 Å². The average Bonchev–Trinajstić information content (AvgIpc) is 3.39. The Kier molecular flexibility index (Phi) is 55.5. The zero-order chi connectivity index (χ0) is 52.9. The van der Waals surface area contributed by atoms with Gasteiger partial charge in [-0.1, -0.05) is 243 Å². The molecule has 0 bridgehead atoms. The fourth-order valence-electron chi connectivity index (χ4n) is 7.32. The van der Waals surface area contributed by atoms with Crippen molar-refractivity contribution in [1.82, 2.24) is 0 Å². The Morgan fingerprint density at radius 1 is 0.288 bits per heavy atom. The van der Waals surface area contributed by atoms with Gasteiger partial charge in [0.15, 0.2) is 6.10 Å². The first kappa shape index (κ1) is 68.0. The lowest BCUT2D eigenvalue weighted by Crippen LogP contribution is -2.30. The molecule has 0 aliphatic carbocycles. The zero-order valence-corrected chi connectivity index (χ0v) is 46.6. The van der Waals surface area contributed by atoms with E-state index in [1.165, 1.54) is 51.4 Å². The second-order valence-electron chi connectivity index (χ2n) is 18.4. The lowest BCUT2D eigenvalue weighted by atomic mass is 10.1. The van der Waals surface area contributed by atoms with Crippen LogP contribution in [0.5, 0.6) is 0 Å². The van der Waals surface area contributed by atoms with E-state index in [0.29, 0.717) is 6.42 Å². The Morgan fingerprint density at radius 2 is 0.548 bits per heavy atom. The number of esters is 3. The number of allylic oxidation sites excluding steroid dienone is 25. The van der Waals surface area contributed by atoms with Crippen LogP contribution in [0.1, 0.15) is 226 Å². The third kappa shape index (κ3) is 57.8. The van der Waals surface area contributed by atoms with E-state index >= 15 is 0 Å². The molecule has 0 aromatic heterocycles. The molecule has 408 valence electrons. The molecule has 0 saturated carbocycles. The van der Waals surface area contributed by atoms with Crippen LogP contribution in [0.25, 0.3) is 0 Å². The maximum Gasteiger partial charge on any atom is 0.309 e. The van der Waals surface area contributed by atoms with Crippen LogP contribution >= 0.6 is 0 Å². The van der Waals surface area contributed by atoms with Gasteiger partial charge in [0.25, 0.3) is 0 Å². The fraction of sp³-hybridized carbons (Fsp3) is 0.567. The second-order valence-corrected chi connectivity index (χ2v) is 18.4. The van der Waals surface area contributed by atoms with Gasteiger partial charge in [0.1, 0.15) is 13.2 Å². The van der Waals surface area contributed by atoms with Crippen LogP contribution in [-0.2, 0) is 28.6 Å². The summed E-state index contributed by atoms with van der Waals surface area (Å²) in [6.45, 7) is 6.17. The zero-order valence-electron chi connectivity index (χ0n) is 46.6. The number of ether oxygens (including phenoxy) is 3. The van der Waals surface area contributed by atoms with E-state index in [1.54, 1.807) is 6.08 Å². The summed E-state index contributed by atoms with van der Waals surface area (Å²) in [7, 11) is 0. The number of hydrogen-bond donors (Lipinski definition) is 0. The molecular weight excluding hydrogens is 901 g/mol. The molecule has 1 unspecified atom stereocenters. The minimum atomic E-state index is -0.841. The first-order valence-corrected chi connectivity index (χ1v) is 29.0. The van der Waals surface area contributed by atoms with Gasteiger partial charge < -0.3 is 14.2 Å². The normalized spacial score (nSPS) is 13.3. The van der Waals surface area contributed by atoms with Crippen molar-refractivity contribution in [3.63, 3.8) is 0 Å². The van der Waals surface area contributed by atoms with E-state index in [4.69, 9.17) is 14.2 Å². The Balaban J connectivity index is 4.51. The Hall–Kier alpha value is -4.97. The molecule has 6 nitrogen and oxygen atoms in total. The minimum absolute atomic E-state index is 0.113. The molecule has 0 fully saturated rings. The van der Waals surface area contributed by atoms with Crippen molar-refractivity contribution in [1.29, 1.82) is 0 Å². The molecule has 0 heterocycles. The topological polar surface area (TPSA) is 78.9 Å². The molecule has 0 spiro atoms. The third-order valence-electron chi connectivity index (χ3n) is 11.5. The van der Waals surface area contributed by atoms with Crippen LogP contribution < -0.4 is 0 Å². The van der Waals surface area contributed by atoms with Crippen LogP contribution in [0.4, 0.5) is 0 Å². The summed E-state index contributed by atoms with van der Waals surface area (Å²) in [5.41, 5.74) is 0. The van der Waals surface area contributed by atoms with Gasteiger partial charge >= 0.3 is 17.9 Å². The number of hydrogen-bond acceptors (Lipinski definition) is 6. The molecule has 6 heteroatoms. The first-order chi connectivity index (χ1) is 36.0. The number of unbranched alkanes of at least 4 members (excludes halogenated alkanes) is 14. The van der Waals surface area contributed by atoms with E-state index in [1.807, 2.05) is 6.08 Å². The van der Waals surface area contributed by atoms with Crippen LogP contribution in [0.3, 0.4) is 0 Å². The van der Waals surface area contributed by atoms with Gasteiger partial charge in [-0.15, -0.1) is 0 Å². The summed E-state index contributed by atoms with van der Waals surface area (Å²) in [5.74, 6) is -1.10. The molecule has 0 aliphatic heterocycles. The summed E-state index contributed by atoms with van der Waals surface area (Å²) < 4.78 is 16.7. The third-order valence-corrected chi connectivity index (χ3v) is 11.5. The fourth-order valence-corrected chi connectivity index (χ4v) is 7.32. The highest BCUT2D eigenvalue weighted by Crippen LogP contribution is 2.14. The van der Waals surface area contributed by atoms with Crippen molar-refractivity contribution < 1.29 is 28.6 Å². The standard InChI is InChI=1S/C67H104O6/c1-4-7-10-13-16-19-22-25-28-30-31-32-33-34-35-37-39-42-45-48-51-54-57-60-66(69)72-63-64(62-71-65(68)59-56-53-50-47-44-41-38-27-24-21-18-15-12-9-6-3)73-67(70)61-58-55-52-49-46-43-40-36-29-26-23-20-17-14-11-8-5-2/h7-12,16-21,25-29,31-32,38,40,43-44,47,53,56,64H,4-6,13-15,22-24,30,33-37,39,41-42,45-46,48-52,54-55,57-63H2,1-3H3/b10-7-,11-8-,12-9-,19-16-,20-17-,21-18-,28-25-,29-26-,32-31-,38-27-,43-40-,47-44-,56-53-. The highest BCUT2D eigenvalue weighted by atomic mass is 16.6. The maximum atomic E-state index is 12.9. The van der Waals surface area contributed by atoms with Crippen LogP contribution in [0, 0.1) is 0 Å². The molecule has 0 N–H and O–H groups in total. The van der Waals surface area contributed by atoms with Crippen LogP contribution in [0.2, 0.25) is 0 Å². The Labute approximate surface area is 448 Å². The van der Waals surface area contributed by atoms with Gasteiger partial charge in [0, 0.05) is 12.8 Å². The molecule has 0 saturated heterocycles. The summed E-state index contributed by atoms with van der Waals surface area (Å²) in [6.07, 6.45) is 86.9. The summed E-state index contributed by atoms with van der Waals surface area (Å²) in [6, 6.07) is 0. The van der Waals surface area contributed by atoms with E-state index in [2.05, 4.69) is 167 Å². The molecular formula is C67H104O6. The van der Waals surface area contributed by atoms with Crippen molar-refractivity contribution in [3.8, 4) is 0 Å². The largest absolute Gasteiger partial charge is 0.462 e. The maximum absolute atomic E-state index is 12.9.